The third kappa shape index (κ3) is 11.9. The smallest absolute Gasteiger partial charge is 0.118 e. The number of thioether (sulfide) groups is 2. The van der Waals surface area contributed by atoms with E-state index in [1.54, 1.807) is 14.2 Å². The Kier molecular flexibility index (Phi) is 14.9. The van der Waals surface area contributed by atoms with Gasteiger partial charge in [0.05, 0.1) is 14.2 Å². The van der Waals surface area contributed by atoms with Crippen LogP contribution in [0.25, 0.3) is 0 Å². The van der Waals surface area contributed by atoms with Crippen molar-refractivity contribution in [3.8, 4) is 11.5 Å². The van der Waals surface area contributed by atoms with Gasteiger partial charge in [0.25, 0.3) is 0 Å². The van der Waals surface area contributed by atoms with Gasteiger partial charge >= 0.3 is 0 Å². The van der Waals surface area contributed by atoms with Gasteiger partial charge in [-0.1, -0.05) is 48.0 Å². The van der Waals surface area contributed by atoms with Gasteiger partial charge in [0.15, 0.2) is 0 Å². The number of benzene rings is 3. The summed E-state index contributed by atoms with van der Waals surface area (Å²) >= 11 is 10.2. The molecule has 0 spiro atoms. The molecule has 1 saturated heterocycles. The zero-order chi connectivity index (χ0) is 30.3. The first kappa shape index (κ1) is 34.0. The summed E-state index contributed by atoms with van der Waals surface area (Å²) < 4.78 is 10.6. The number of ether oxygens (including phenoxy) is 2. The molecule has 234 valence electrons. The first-order valence-corrected chi connectivity index (χ1v) is 18.0. The number of hydrogen-bond acceptors (Lipinski definition) is 7. The van der Waals surface area contributed by atoms with E-state index in [-0.39, 0.29) is 0 Å². The number of rotatable bonds is 18. The summed E-state index contributed by atoms with van der Waals surface area (Å²) in [4.78, 5) is 5.21. The standard InChI is InChI=1S/C35H48ClN3O2S2/c1-38-19-16-35(30-8-10-32(36)11-9-30)31(24-38)25-39(21-23-43-27-29-6-14-34(41-3)15-7-29)20-17-37-18-22-42-26-28-4-12-33(40-2)13-5-28/h4-15,31,35,37H,16-27H2,1-3H3. The van der Waals surface area contributed by atoms with Crippen LogP contribution in [-0.4, -0.2) is 88.4 Å². The van der Waals surface area contributed by atoms with Crippen molar-refractivity contribution in [2.24, 2.45) is 5.92 Å². The van der Waals surface area contributed by atoms with E-state index in [0.29, 0.717) is 11.8 Å². The average molecular weight is 642 g/mol. The molecular weight excluding hydrogens is 594 g/mol. The number of likely N-dealkylation sites (tertiary alicyclic amines) is 1. The molecule has 0 amide bonds. The summed E-state index contributed by atoms with van der Waals surface area (Å²) in [6.45, 7) is 7.62. The molecule has 1 heterocycles. The van der Waals surface area contributed by atoms with Crippen molar-refractivity contribution in [3.05, 3.63) is 94.5 Å². The van der Waals surface area contributed by atoms with Crippen molar-refractivity contribution in [2.75, 3.05) is 78.6 Å². The van der Waals surface area contributed by atoms with Gasteiger partial charge in [0, 0.05) is 67.3 Å². The van der Waals surface area contributed by atoms with Crippen LogP contribution in [0, 0.1) is 5.92 Å². The number of nitrogens with one attached hydrogen (secondary N) is 1. The van der Waals surface area contributed by atoms with Gasteiger partial charge in [-0.25, -0.2) is 0 Å². The Morgan fingerprint density at radius 2 is 1.42 bits per heavy atom. The maximum absolute atomic E-state index is 6.23. The molecule has 1 N–H and O–H groups in total. The van der Waals surface area contributed by atoms with Crippen molar-refractivity contribution < 1.29 is 9.47 Å². The molecule has 2 atom stereocenters. The van der Waals surface area contributed by atoms with E-state index in [1.165, 1.54) is 23.1 Å². The summed E-state index contributed by atoms with van der Waals surface area (Å²) in [5, 5.41) is 4.53. The number of hydrogen-bond donors (Lipinski definition) is 1. The molecule has 0 aromatic heterocycles. The van der Waals surface area contributed by atoms with Crippen LogP contribution in [0.4, 0.5) is 0 Å². The third-order valence-corrected chi connectivity index (χ3v) is 10.5. The van der Waals surface area contributed by atoms with Gasteiger partial charge in [-0.3, -0.25) is 0 Å². The monoisotopic (exact) mass is 641 g/mol. The zero-order valence-corrected chi connectivity index (χ0v) is 28.4. The first-order valence-electron chi connectivity index (χ1n) is 15.3. The Morgan fingerprint density at radius 1 is 0.814 bits per heavy atom. The lowest BCUT2D eigenvalue weighted by Crippen LogP contribution is -2.45. The van der Waals surface area contributed by atoms with Crippen LogP contribution in [0.5, 0.6) is 11.5 Å². The number of halogens is 1. The van der Waals surface area contributed by atoms with Crippen LogP contribution in [0.15, 0.2) is 72.8 Å². The van der Waals surface area contributed by atoms with Gasteiger partial charge < -0.3 is 24.6 Å². The van der Waals surface area contributed by atoms with E-state index >= 15 is 0 Å². The summed E-state index contributed by atoms with van der Waals surface area (Å²) in [6, 6.07) is 25.4. The summed E-state index contributed by atoms with van der Waals surface area (Å²) in [5.74, 6) is 7.30. The van der Waals surface area contributed by atoms with E-state index in [4.69, 9.17) is 21.1 Å². The Hall–Kier alpha value is -1.87. The molecule has 4 rings (SSSR count). The molecule has 0 radical (unpaired) electrons. The largest absolute Gasteiger partial charge is 0.497 e. The van der Waals surface area contributed by atoms with Gasteiger partial charge in [0.2, 0.25) is 0 Å². The number of piperidine rings is 1. The van der Waals surface area contributed by atoms with Crippen molar-refractivity contribution in [1.29, 1.82) is 0 Å². The molecule has 5 nitrogen and oxygen atoms in total. The molecule has 0 aliphatic carbocycles. The van der Waals surface area contributed by atoms with E-state index in [0.717, 1.165) is 85.3 Å². The Morgan fingerprint density at radius 3 is 2.02 bits per heavy atom. The van der Waals surface area contributed by atoms with E-state index in [2.05, 4.69) is 82.8 Å². The highest BCUT2D eigenvalue weighted by atomic mass is 35.5. The van der Waals surface area contributed by atoms with Gasteiger partial charge in [0.1, 0.15) is 11.5 Å². The summed E-state index contributed by atoms with van der Waals surface area (Å²) in [7, 11) is 5.70. The lowest BCUT2D eigenvalue weighted by Gasteiger charge is -2.40. The van der Waals surface area contributed by atoms with Crippen LogP contribution in [0.3, 0.4) is 0 Å². The minimum atomic E-state index is 0.574. The van der Waals surface area contributed by atoms with Gasteiger partial charge in [-0.2, -0.15) is 23.5 Å². The second kappa shape index (κ2) is 18.8. The lowest BCUT2D eigenvalue weighted by molar-refractivity contribution is 0.136. The van der Waals surface area contributed by atoms with E-state index in [9.17, 15) is 0 Å². The van der Waals surface area contributed by atoms with Crippen LogP contribution in [-0.2, 0) is 11.5 Å². The minimum Gasteiger partial charge on any atom is -0.497 e. The van der Waals surface area contributed by atoms with Crippen molar-refractivity contribution in [3.63, 3.8) is 0 Å². The fourth-order valence-electron chi connectivity index (χ4n) is 5.70. The third-order valence-electron chi connectivity index (χ3n) is 8.16. The van der Waals surface area contributed by atoms with Crippen molar-refractivity contribution in [1.82, 2.24) is 15.1 Å². The van der Waals surface area contributed by atoms with E-state index in [1.807, 2.05) is 35.7 Å². The highest BCUT2D eigenvalue weighted by Crippen LogP contribution is 2.34. The molecule has 2 unspecified atom stereocenters. The Labute approximate surface area is 273 Å². The van der Waals surface area contributed by atoms with E-state index < -0.39 is 0 Å². The quantitative estimate of drug-likeness (QED) is 0.148. The molecule has 1 aliphatic rings. The summed E-state index contributed by atoms with van der Waals surface area (Å²) in [5.41, 5.74) is 4.13. The first-order chi connectivity index (χ1) is 21.0. The molecule has 0 saturated carbocycles. The van der Waals surface area contributed by atoms with Gasteiger partial charge in [-0.15, -0.1) is 0 Å². The molecular formula is C35H48ClN3O2S2. The second-order valence-corrected chi connectivity index (χ2v) is 14.0. The topological polar surface area (TPSA) is 37.0 Å². The normalized spacial score (nSPS) is 17.3. The molecule has 3 aromatic rings. The zero-order valence-electron chi connectivity index (χ0n) is 26.0. The Bertz CT molecular complexity index is 1180. The summed E-state index contributed by atoms with van der Waals surface area (Å²) in [6.07, 6.45) is 1.20. The predicted molar refractivity (Wildman–Crippen MR) is 187 cm³/mol. The maximum atomic E-state index is 6.23. The molecule has 43 heavy (non-hydrogen) atoms. The number of methoxy groups -OCH3 is 2. The SMILES string of the molecule is COc1ccc(CSCCNCCN(CCSCc2ccc(OC)cc2)CC2CN(C)CCC2c2ccc(Cl)cc2)cc1. The van der Waals surface area contributed by atoms with Crippen LogP contribution < -0.4 is 14.8 Å². The van der Waals surface area contributed by atoms with Crippen LogP contribution in [0.1, 0.15) is 29.0 Å². The van der Waals surface area contributed by atoms with Gasteiger partial charge in [-0.05, 0) is 84.9 Å². The number of nitrogens with zero attached hydrogens (tertiary/aromatic N) is 2. The van der Waals surface area contributed by atoms with Crippen LogP contribution in [0.2, 0.25) is 5.02 Å². The highest BCUT2D eigenvalue weighted by molar-refractivity contribution is 7.98. The molecule has 1 aliphatic heterocycles. The molecule has 3 aromatic carbocycles. The van der Waals surface area contributed by atoms with Crippen LogP contribution >= 0.6 is 35.1 Å². The van der Waals surface area contributed by atoms with Crippen molar-refractivity contribution in [2.45, 2.75) is 23.8 Å². The molecule has 0 bridgehead atoms. The fourth-order valence-corrected chi connectivity index (χ4v) is 7.64. The molecule has 8 heteroatoms. The molecule has 1 fully saturated rings. The highest BCUT2D eigenvalue weighted by Gasteiger charge is 2.30. The lowest BCUT2D eigenvalue weighted by atomic mass is 9.80. The second-order valence-electron chi connectivity index (χ2n) is 11.3. The fraction of sp³-hybridized carbons (Fsp3) is 0.486. The van der Waals surface area contributed by atoms with Crippen molar-refractivity contribution >= 4 is 35.1 Å². The predicted octanol–water partition coefficient (Wildman–Crippen LogP) is 7.15. The average Bonchev–Trinajstić information content (AvgIpc) is 3.03. The Balaban J connectivity index is 1.26. The maximum Gasteiger partial charge on any atom is 0.118 e. The minimum absolute atomic E-state index is 0.574.